The average Bonchev–Trinajstić information content (AvgIpc) is 3.40. The number of benzene rings is 2. The zero-order valence-corrected chi connectivity index (χ0v) is 18.4. The van der Waals surface area contributed by atoms with E-state index in [1.807, 2.05) is 17.0 Å². The van der Waals surface area contributed by atoms with Gasteiger partial charge in [0.25, 0.3) is 5.91 Å². The molecule has 3 heterocycles. The van der Waals surface area contributed by atoms with E-state index in [1.165, 1.54) is 5.56 Å². The SMILES string of the molecule is NCc1ccc2c(c1)C1(CCN(C(=O)c3ccc(-c4ccc(Cl)cc4Cl)o3)CC1)CO2. The molecule has 2 aliphatic heterocycles. The molecule has 3 aromatic rings. The number of amides is 1. The summed E-state index contributed by atoms with van der Waals surface area (Å²) in [5.74, 6) is 1.69. The van der Waals surface area contributed by atoms with Crippen molar-refractivity contribution in [3.05, 3.63) is 75.5 Å². The summed E-state index contributed by atoms with van der Waals surface area (Å²) in [5, 5.41) is 1.03. The summed E-state index contributed by atoms with van der Waals surface area (Å²) in [6, 6.07) is 14.8. The van der Waals surface area contributed by atoms with Crippen molar-refractivity contribution in [2.45, 2.75) is 24.8 Å². The molecule has 2 N–H and O–H groups in total. The molecule has 2 aromatic carbocycles. The first-order valence-corrected chi connectivity index (χ1v) is 11.1. The quantitative estimate of drug-likeness (QED) is 0.581. The van der Waals surface area contributed by atoms with Gasteiger partial charge in [0.1, 0.15) is 11.5 Å². The molecule has 2 aliphatic rings. The van der Waals surface area contributed by atoms with Gasteiger partial charge < -0.3 is 19.8 Å². The second-order valence-electron chi connectivity index (χ2n) is 8.18. The van der Waals surface area contributed by atoms with Crippen molar-refractivity contribution < 1.29 is 13.9 Å². The second kappa shape index (κ2) is 7.90. The van der Waals surface area contributed by atoms with Gasteiger partial charge in [-0.3, -0.25) is 4.79 Å². The van der Waals surface area contributed by atoms with Crippen LogP contribution in [0.25, 0.3) is 11.3 Å². The summed E-state index contributed by atoms with van der Waals surface area (Å²) in [4.78, 5) is 14.9. The van der Waals surface area contributed by atoms with Gasteiger partial charge in [0.2, 0.25) is 0 Å². The van der Waals surface area contributed by atoms with Crippen LogP contribution in [0.3, 0.4) is 0 Å². The van der Waals surface area contributed by atoms with Crippen LogP contribution in [0.1, 0.15) is 34.5 Å². The number of likely N-dealkylation sites (tertiary alicyclic amines) is 1. The highest BCUT2D eigenvalue weighted by Crippen LogP contribution is 2.46. The number of ether oxygens (including phenoxy) is 1. The molecule has 0 unspecified atom stereocenters. The van der Waals surface area contributed by atoms with Crippen molar-refractivity contribution in [2.24, 2.45) is 5.73 Å². The molecule has 0 saturated carbocycles. The van der Waals surface area contributed by atoms with Gasteiger partial charge in [-0.05, 0) is 54.8 Å². The first kappa shape index (κ1) is 20.4. The van der Waals surface area contributed by atoms with Crippen LogP contribution in [0.4, 0.5) is 0 Å². The number of furan rings is 1. The van der Waals surface area contributed by atoms with Gasteiger partial charge in [-0.1, -0.05) is 35.3 Å². The maximum absolute atomic E-state index is 13.1. The van der Waals surface area contributed by atoms with Crippen LogP contribution >= 0.6 is 23.2 Å². The molecule has 0 bridgehead atoms. The van der Waals surface area contributed by atoms with Gasteiger partial charge in [0, 0.05) is 41.2 Å². The lowest BCUT2D eigenvalue weighted by molar-refractivity contribution is 0.0616. The topological polar surface area (TPSA) is 68.7 Å². The monoisotopic (exact) mass is 456 g/mol. The van der Waals surface area contributed by atoms with Crippen LogP contribution in [-0.4, -0.2) is 30.5 Å². The minimum atomic E-state index is -0.110. The Morgan fingerprint density at radius 3 is 2.61 bits per heavy atom. The fourth-order valence-electron chi connectivity index (χ4n) is 4.53. The summed E-state index contributed by atoms with van der Waals surface area (Å²) in [6.45, 7) is 2.45. The Hall–Kier alpha value is -2.47. The standard InChI is InChI=1S/C24H22Cl2N2O3/c25-16-2-3-17(19(26)12-16)20-5-6-22(31-20)23(29)28-9-7-24(8-10-28)14-30-21-4-1-15(13-27)11-18(21)24/h1-6,11-12H,7-10,13-14,27H2. The predicted molar refractivity (Wildman–Crippen MR) is 121 cm³/mol. The van der Waals surface area contributed by atoms with E-state index in [0.29, 0.717) is 53.4 Å². The van der Waals surface area contributed by atoms with Crippen LogP contribution in [0.15, 0.2) is 52.9 Å². The lowest BCUT2D eigenvalue weighted by atomic mass is 9.74. The molecular formula is C24H22Cl2N2O3. The van der Waals surface area contributed by atoms with E-state index in [0.717, 1.165) is 24.2 Å². The molecule has 7 heteroatoms. The van der Waals surface area contributed by atoms with Crippen molar-refractivity contribution in [3.8, 4) is 17.1 Å². The molecule has 160 valence electrons. The fourth-order valence-corrected chi connectivity index (χ4v) is 5.03. The normalized spacial score (nSPS) is 16.9. The Kier molecular flexibility index (Phi) is 5.21. The highest BCUT2D eigenvalue weighted by atomic mass is 35.5. The number of nitrogens with zero attached hydrogens (tertiary/aromatic N) is 1. The molecule has 1 fully saturated rings. The van der Waals surface area contributed by atoms with Crippen LogP contribution < -0.4 is 10.5 Å². The molecule has 1 saturated heterocycles. The van der Waals surface area contributed by atoms with E-state index in [2.05, 4.69) is 6.07 Å². The molecule has 0 aliphatic carbocycles. The number of carbonyl (C=O) groups excluding carboxylic acids is 1. The van der Waals surface area contributed by atoms with Crippen LogP contribution in [0.5, 0.6) is 5.75 Å². The number of halogens is 2. The van der Waals surface area contributed by atoms with E-state index < -0.39 is 0 Å². The zero-order valence-electron chi connectivity index (χ0n) is 16.9. The van der Waals surface area contributed by atoms with Gasteiger partial charge in [-0.15, -0.1) is 0 Å². The summed E-state index contributed by atoms with van der Waals surface area (Å²) >= 11 is 12.2. The maximum Gasteiger partial charge on any atom is 0.289 e. The largest absolute Gasteiger partial charge is 0.492 e. The maximum atomic E-state index is 13.1. The number of fused-ring (bicyclic) bond motifs is 2. The Bertz CT molecular complexity index is 1150. The first-order valence-electron chi connectivity index (χ1n) is 10.3. The molecule has 31 heavy (non-hydrogen) atoms. The zero-order chi connectivity index (χ0) is 21.6. The number of hydrogen-bond acceptors (Lipinski definition) is 4. The smallest absolute Gasteiger partial charge is 0.289 e. The minimum Gasteiger partial charge on any atom is -0.492 e. The molecule has 5 nitrogen and oxygen atoms in total. The van der Waals surface area contributed by atoms with Crippen molar-refractivity contribution >= 4 is 29.1 Å². The number of hydrogen-bond donors (Lipinski definition) is 1. The van der Waals surface area contributed by atoms with Gasteiger partial charge in [-0.2, -0.15) is 0 Å². The lowest BCUT2D eigenvalue weighted by Gasteiger charge is -2.38. The highest BCUT2D eigenvalue weighted by molar-refractivity contribution is 6.36. The number of rotatable bonds is 3. The number of nitrogens with two attached hydrogens (primary N) is 1. The van der Waals surface area contributed by atoms with Crippen LogP contribution in [0.2, 0.25) is 10.0 Å². The molecule has 1 amide bonds. The van der Waals surface area contributed by atoms with Gasteiger partial charge in [0.15, 0.2) is 5.76 Å². The molecule has 5 rings (SSSR count). The Morgan fingerprint density at radius 1 is 1.06 bits per heavy atom. The van der Waals surface area contributed by atoms with E-state index in [4.69, 9.17) is 38.1 Å². The third-order valence-electron chi connectivity index (χ3n) is 6.38. The van der Waals surface area contributed by atoms with Crippen molar-refractivity contribution in [1.82, 2.24) is 4.90 Å². The van der Waals surface area contributed by atoms with Gasteiger partial charge in [-0.25, -0.2) is 0 Å². The summed E-state index contributed by atoms with van der Waals surface area (Å²) in [6.07, 6.45) is 1.69. The Labute approximate surface area is 190 Å². The van der Waals surface area contributed by atoms with Crippen molar-refractivity contribution in [1.29, 1.82) is 0 Å². The highest BCUT2D eigenvalue weighted by Gasteiger charge is 2.44. The van der Waals surface area contributed by atoms with E-state index in [9.17, 15) is 4.79 Å². The molecule has 1 spiro atoms. The number of carbonyl (C=O) groups is 1. The lowest BCUT2D eigenvalue weighted by Crippen LogP contribution is -2.46. The average molecular weight is 457 g/mol. The second-order valence-corrected chi connectivity index (χ2v) is 9.03. The summed E-state index contributed by atoms with van der Waals surface area (Å²) in [5.41, 5.74) is 8.81. The summed E-state index contributed by atoms with van der Waals surface area (Å²) < 4.78 is 11.8. The molecular weight excluding hydrogens is 435 g/mol. The van der Waals surface area contributed by atoms with Crippen molar-refractivity contribution in [2.75, 3.05) is 19.7 Å². The van der Waals surface area contributed by atoms with Crippen molar-refractivity contribution in [3.63, 3.8) is 0 Å². The Balaban J connectivity index is 1.31. The third-order valence-corrected chi connectivity index (χ3v) is 6.92. The molecule has 0 radical (unpaired) electrons. The van der Waals surface area contributed by atoms with E-state index in [1.54, 1.807) is 30.3 Å². The molecule has 1 aromatic heterocycles. The minimum absolute atomic E-state index is 0.0531. The van der Waals surface area contributed by atoms with E-state index >= 15 is 0 Å². The first-order chi connectivity index (χ1) is 15.0. The van der Waals surface area contributed by atoms with Crippen LogP contribution in [-0.2, 0) is 12.0 Å². The fraction of sp³-hybridized carbons (Fsp3) is 0.292. The summed E-state index contributed by atoms with van der Waals surface area (Å²) in [7, 11) is 0. The predicted octanol–water partition coefficient (Wildman–Crippen LogP) is 5.28. The van der Waals surface area contributed by atoms with E-state index in [-0.39, 0.29) is 11.3 Å². The number of piperidine rings is 1. The van der Waals surface area contributed by atoms with Gasteiger partial charge >= 0.3 is 0 Å². The van der Waals surface area contributed by atoms with Crippen LogP contribution in [0, 0.1) is 0 Å². The van der Waals surface area contributed by atoms with Gasteiger partial charge in [0.05, 0.1) is 11.6 Å². The Morgan fingerprint density at radius 2 is 1.87 bits per heavy atom. The third kappa shape index (κ3) is 3.61. The molecule has 0 atom stereocenters.